The Morgan fingerprint density at radius 1 is 1.09 bits per heavy atom. The summed E-state index contributed by atoms with van der Waals surface area (Å²) in [5.41, 5.74) is 2.53. The van der Waals surface area contributed by atoms with Crippen LogP contribution in [0, 0.1) is 13.8 Å². The summed E-state index contributed by atoms with van der Waals surface area (Å²) in [6.45, 7) is 4.37. The molecule has 0 fully saturated rings. The fourth-order valence-electron chi connectivity index (χ4n) is 2.17. The summed E-state index contributed by atoms with van der Waals surface area (Å²) in [6, 6.07) is 11.4. The number of hydrogen-bond donors (Lipinski definition) is 1. The van der Waals surface area contributed by atoms with Gasteiger partial charge in [-0.2, -0.15) is 0 Å². The summed E-state index contributed by atoms with van der Waals surface area (Å²) in [6.07, 6.45) is 3.50. The third-order valence-corrected chi connectivity index (χ3v) is 3.53. The first kappa shape index (κ1) is 14.9. The fraction of sp³-hybridized carbons (Fsp3) is 0.176. The van der Waals surface area contributed by atoms with E-state index in [0.29, 0.717) is 18.1 Å². The molecule has 0 radical (unpaired) electrons. The zero-order chi connectivity index (χ0) is 16.2. The molecule has 0 atom stereocenters. The van der Waals surface area contributed by atoms with E-state index in [1.807, 2.05) is 38.1 Å². The Morgan fingerprint density at radius 2 is 1.87 bits per heavy atom. The van der Waals surface area contributed by atoms with Crippen molar-refractivity contribution in [2.75, 3.05) is 0 Å². The van der Waals surface area contributed by atoms with Crippen LogP contribution in [0.4, 0.5) is 0 Å². The predicted octanol–water partition coefficient (Wildman–Crippen LogP) is 2.21. The number of aromatic nitrogens is 4. The molecule has 23 heavy (non-hydrogen) atoms. The van der Waals surface area contributed by atoms with Gasteiger partial charge in [0.25, 0.3) is 5.91 Å². The van der Waals surface area contributed by atoms with Crippen LogP contribution in [0.1, 0.15) is 27.4 Å². The number of rotatable bonds is 4. The molecule has 2 aromatic heterocycles. The number of imidazole rings is 1. The average molecular weight is 307 g/mol. The molecule has 1 N–H and O–H groups in total. The van der Waals surface area contributed by atoms with Crippen molar-refractivity contribution in [1.29, 1.82) is 0 Å². The van der Waals surface area contributed by atoms with Gasteiger partial charge in [-0.1, -0.05) is 29.8 Å². The van der Waals surface area contributed by atoms with Crippen molar-refractivity contribution < 1.29 is 4.79 Å². The van der Waals surface area contributed by atoms with Crippen LogP contribution in [0.5, 0.6) is 0 Å². The number of carbonyl (C=O) groups excluding carboxylic acids is 1. The number of nitrogens with zero attached hydrogens (tertiary/aromatic N) is 4. The summed E-state index contributed by atoms with van der Waals surface area (Å²) in [5.74, 6) is 1.21. The van der Waals surface area contributed by atoms with Gasteiger partial charge in [-0.05, 0) is 31.5 Å². The number of aryl methyl sites for hydroxylation is 2. The van der Waals surface area contributed by atoms with Gasteiger partial charge in [0.15, 0.2) is 11.5 Å². The lowest BCUT2D eigenvalue weighted by Crippen LogP contribution is -2.24. The van der Waals surface area contributed by atoms with Crippen molar-refractivity contribution in [1.82, 2.24) is 25.1 Å². The maximum absolute atomic E-state index is 12.1. The van der Waals surface area contributed by atoms with E-state index >= 15 is 0 Å². The fourth-order valence-corrected chi connectivity index (χ4v) is 2.17. The predicted molar refractivity (Wildman–Crippen MR) is 86.2 cm³/mol. The van der Waals surface area contributed by atoms with Gasteiger partial charge in [0.05, 0.1) is 0 Å². The third kappa shape index (κ3) is 3.42. The highest BCUT2D eigenvalue weighted by atomic mass is 16.1. The SMILES string of the molecule is Cc1ccc(CNC(=O)c2ccc(-n3ccnc3C)nn2)cc1. The van der Waals surface area contributed by atoms with Crippen molar-refractivity contribution in [2.24, 2.45) is 0 Å². The van der Waals surface area contributed by atoms with Crippen LogP contribution in [0.3, 0.4) is 0 Å². The molecular formula is C17H17N5O. The van der Waals surface area contributed by atoms with Gasteiger partial charge in [0.2, 0.25) is 0 Å². The molecule has 0 unspecified atom stereocenters. The van der Waals surface area contributed by atoms with E-state index < -0.39 is 0 Å². The van der Waals surface area contributed by atoms with Crippen molar-refractivity contribution in [3.63, 3.8) is 0 Å². The Morgan fingerprint density at radius 3 is 2.48 bits per heavy atom. The van der Waals surface area contributed by atoms with E-state index in [-0.39, 0.29) is 5.91 Å². The molecule has 116 valence electrons. The summed E-state index contributed by atoms with van der Waals surface area (Å²) < 4.78 is 1.81. The molecule has 1 amide bonds. The molecule has 0 saturated carbocycles. The second kappa shape index (κ2) is 6.39. The van der Waals surface area contributed by atoms with E-state index in [1.165, 1.54) is 5.56 Å². The number of benzene rings is 1. The van der Waals surface area contributed by atoms with Gasteiger partial charge in [-0.15, -0.1) is 10.2 Å². The molecule has 0 aliphatic heterocycles. The van der Waals surface area contributed by atoms with Crippen LogP contribution in [0.25, 0.3) is 5.82 Å². The van der Waals surface area contributed by atoms with Crippen LogP contribution >= 0.6 is 0 Å². The molecule has 3 aromatic rings. The van der Waals surface area contributed by atoms with Gasteiger partial charge < -0.3 is 5.32 Å². The molecule has 0 spiro atoms. The smallest absolute Gasteiger partial charge is 0.272 e. The second-order valence-electron chi connectivity index (χ2n) is 5.29. The van der Waals surface area contributed by atoms with Crippen molar-refractivity contribution >= 4 is 5.91 Å². The first-order chi connectivity index (χ1) is 11.1. The Labute approximate surface area is 134 Å². The Kier molecular flexibility index (Phi) is 4.14. The molecule has 6 heteroatoms. The lowest BCUT2D eigenvalue weighted by Gasteiger charge is -2.06. The molecule has 0 aliphatic carbocycles. The minimum atomic E-state index is -0.244. The average Bonchev–Trinajstić information content (AvgIpc) is 3.00. The normalized spacial score (nSPS) is 10.5. The molecule has 6 nitrogen and oxygen atoms in total. The molecule has 0 aliphatic rings. The van der Waals surface area contributed by atoms with E-state index in [4.69, 9.17) is 0 Å². The first-order valence-corrected chi connectivity index (χ1v) is 7.31. The highest BCUT2D eigenvalue weighted by Crippen LogP contribution is 2.07. The molecule has 0 saturated heterocycles. The first-order valence-electron chi connectivity index (χ1n) is 7.31. The van der Waals surface area contributed by atoms with Crippen LogP contribution in [0.15, 0.2) is 48.8 Å². The maximum Gasteiger partial charge on any atom is 0.272 e. The van der Waals surface area contributed by atoms with Crippen molar-refractivity contribution in [3.8, 4) is 5.82 Å². The summed E-state index contributed by atoms with van der Waals surface area (Å²) in [5, 5.41) is 10.9. The molecule has 0 bridgehead atoms. The lowest BCUT2D eigenvalue weighted by atomic mass is 10.1. The largest absolute Gasteiger partial charge is 0.347 e. The van der Waals surface area contributed by atoms with Gasteiger partial charge in [-0.25, -0.2) is 4.98 Å². The van der Waals surface area contributed by atoms with Crippen LogP contribution in [0.2, 0.25) is 0 Å². The van der Waals surface area contributed by atoms with E-state index in [2.05, 4.69) is 20.5 Å². The molecule has 1 aromatic carbocycles. The van der Waals surface area contributed by atoms with E-state index in [9.17, 15) is 4.79 Å². The van der Waals surface area contributed by atoms with Gasteiger partial charge in [0.1, 0.15) is 5.82 Å². The van der Waals surface area contributed by atoms with Gasteiger partial charge in [0, 0.05) is 18.9 Å². The quantitative estimate of drug-likeness (QED) is 0.802. The summed E-state index contributed by atoms with van der Waals surface area (Å²) in [4.78, 5) is 16.3. The number of nitrogens with one attached hydrogen (secondary N) is 1. The van der Waals surface area contributed by atoms with Crippen LogP contribution in [-0.2, 0) is 6.54 Å². The topological polar surface area (TPSA) is 72.7 Å². The standard InChI is InChI=1S/C17H17N5O/c1-12-3-5-14(6-4-12)11-19-17(23)15-7-8-16(21-20-15)22-10-9-18-13(22)2/h3-10H,11H2,1-2H3,(H,19,23). The summed E-state index contributed by atoms with van der Waals surface area (Å²) >= 11 is 0. The van der Waals surface area contributed by atoms with E-state index in [1.54, 1.807) is 29.1 Å². The van der Waals surface area contributed by atoms with Crippen LogP contribution < -0.4 is 5.32 Å². The third-order valence-electron chi connectivity index (χ3n) is 3.53. The zero-order valence-corrected chi connectivity index (χ0v) is 13.0. The van der Waals surface area contributed by atoms with E-state index in [0.717, 1.165) is 11.4 Å². The lowest BCUT2D eigenvalue weighted by molar-refractivity contribution is 0.0945. The number of amides is 1. The van der Waals surface area contributed by atoms with Crippen LogP contribution in [-0.4, -0.2) is 25.7 Å². The van der Waals surface area contributed by atoms with Gasteiger partial charge in [-0.3, -0.25) is 9.36 Å². The Hall–Kier alpha value is -3.02. The molecule has 2 heterocycles. The van der Waals surface area contributed by atoms with Gasteiger partial charge >= 0.3 is 0 Å². The maximum atomic E-state index is 12.1. The Bertz CT molecular complexity index is 806. The monoisotopic (exact) mass is 307 g/mol. The van der Waals surface area contributed by atoms with Crippen molar-refractivity contribution in [3.05, 3.63) is 71.4 Å². The zero-order valence-electron chi connectivity index (χ0n) is 13.0. The van der Waals surface area contributed by atoms with Crippen molar-refractivity contribution in [2.45, 2.75) is 20.4 Å². The highest BCUT2D eigenvalue weighted by molar-refractivity contribution is 5.92. The number of hydrogen-bond acceptors (Lipinski definition) is 4. The highest BCUT2D eigenvalue weighted by Gasteiger charge is 2.09. The number of carbonyl (C=O) groups is 1. The molecule has 3 rings (SSSR count). The molecular weight excluding hydrogens is 290 g/mol. The minimum absolute atomic E-state index is 0.244. The minimum Gasteiger partial charge on any atom is -0.347 e. The second-order valence-corrected chi connectivity index (χ2v) is 5.29. The summed E-state index contributed by atoms with van der Waals surface area (Å²) in [7, 11) is 0. The Balaban J connectivity index is 1.66.